The molecule has 1 aromatic heterocycles. The van der Waals surface area contributed by atoms with E-state index in [1.165, 1.54) is 22.8 Å². The molecule has 1 heterocycles. The summed E-state index contributed by atoms with van der Waals surface area (Å²) in [5.41, 5.74) is 2.17. The number of aryl methyl sites for hydroxylation is 1. The van der Waals surface area contributed by atoms with Crippen LogP contribution < -0.4 is 15.8 Å². The Morgan fingerprint density at radius 3 is 2.52 bits per heavy atom. The molecule has 29 heavy (non-hydrogen) atoms. The minimum absolute atomic E-state index is 0.0134. The zero-order valence-electron chi connectivity index (χ0n) is 16.0. The van der Waals surface area contributed by atoms with Crippen molar-refractivity contribution in [2.75, 3.05) is 5.32 Å². The Hall–Kier alpha value is -2.91. The predicted molar refractivity (Wildman–Crippen MR) is 108 cm³/mol. The van der Waals surface area contributed by atoms with Crippen LogP contribution in [0.1, 0.15) is 31.4 Å². The lowest BCUT2D eigenvalue weighted by atomic mass is 10.1. The molecule has 2 aromatic carbocycles. The van der Waals surface area contributed by atoms with E-state index in [1.807, 2.05) is 0 Å². The van der Waals surface area contributed by atoms with Gasteiger partial charge in [-0.3, -0.25) is 9.36 Å². The molecule has 1 amide bonds. The number of fused-ring (bicyclic) bond motifs is 1. The van der Waals surface area contributed by atoms with Gasteiger partial charge in [-0.25, -0.2) is 17.9 Å². The summed E-state index contributed by atoms with van der Waals surface area (Å²) in [6.45, 7) is 1.73. The number of aromatic nitrogens is 1. The van der Waals surface area contributed by atoms with E-state index >= 15 is 0 Å². The molecule has 1 saturated carbocycles. The fourth-order valence-corrected chi connectivity index (χ4v) is 4.34. The maximum absolute atomic E-state index is 12.8. The fraction of sp³-hybridized carbons (Fsp3) is 0.300. The van der Waals surface area contributed by atoms with Gasteiger partial charge < -0.3 is 9.73 Å². The van der Waals surface area contributed by atoms with E-state index in [0.717, 1.165) is 18.4 Å². The van der Waals surface area contributed by atoms with Gasteiger partial charge in [-0.2, -0.15) is 0 Å². The Balaban J connectivity index is 1.49. The highest BCUT2D eigenvalue weighted by atomic mass is 32.2. The molecule has 3 aromatic rings. The van der Waals surface area contributed by atoms with Crippen molar-refractivity contribution in [1.29, 1.82) is 0 Å². The highest BCUT2D eigenvalue weighted by Crippen LogP contribution is 2.30. The SMILES string of the molecule is CC(NS(=O)(=O)c1ccc2c(c1)oc(=O)n2C)c1ccc(NC(=O)C2CC2)cc1. The van der Waals surface area contributed by atoms with Crippen molar-refractivity contribution in [3.63, 3.8) is 0 Å². The summed E-state index contributed by atoms with van der Waals surface area (Å²) in [5.74, 6) is -0.411. The molecular weight excluding hydrogens is 394 g/mol. The quantitative estimate of drug-likeness (QED) is 0.643. The van der Waals surface area contributed by atoms with Gasteiger partial charge in [-0.1, -0.05) is 12.1 Å². The van der Waals surface area contributed by atoms with Crippen molar-refractivity contribution >= 4 is 32.7 Å². The van der Waals surface area contributed by atoms with E-state index in [0.29, 0.717) is 11.2 Å². The Bertz CT molecular complexity index is 1240. The van der Waals surface area contributed by atoms with Gasteiger partial charge in [0.1, 0.15) is 0 Å². The molecule has 1 aliphatic rings. The number of sulfonamides is 1. The zero-order valence-corrected chi connectivity index (χ0v) is 16.8. The fourth-order valence-electron chi connectivity index (χ4n) is 3.10. The van der Waals surface area contributed by atoms with Crippen molar-refractivity contribution in [2.45, 2.75) is 30.7 Å². The molecule has 2 N–H and O–H groups in total. The highest BCUT2D eigenvalue weighted by molar-refractivity contribution is 7.89. The van der Waals surface area contributed by atoms with Crippen LogP contribution in [0.25, 0.3) is 11.1 Å². The lowest BCUT2D eigenvalue weighted by molar-refractivity contribution is -0.117. The molecule has 1 aliphatic carbocycles. The number of hydrogen-bond acceptors (Lipinski definition) is 5. The number of anilines is 1. The molecule has 1 unspecified atom stereocenters. The van der Waals surface area contributed by atoms with Gasteiger partial charge in [-0.05, 0) is 49.6 Å². The summed E-state index contributed by atoms with van der Waals surface area (Å²) in [4.78, 5) is 23.4. The van der Waals surface area contributed by atoms with E-state index in [-0.39, 0.29) is 22.3 Å². The van der Waals surface area contributed by atoms with Crippen LogP contribution in [0.15, 0.2) is 56.6 Å². The van der Waals surface area contributed by atoms with Crippen LogP contribution in [0.4, 0.5) is 5.69 Å². The number of amides is 1. The van der Waals surface area contributed by atoms with E-state index in [2.05, 4.69) is 10.0 Å². The first-order chi connectivity index (χ1) is 13.7. The third-order valence-corrected chi connectivity index (χ3v) is 6.57. The van der Waals surface area contributed by atoms with E-state index in [9.17, 15) is 18.0 Å². The smallest absolute Gasteiger partial charge is 0.408 e. The predicted octanol–water partition coefficient (Wildman–Crippen LogP) is 2.52. The lowest BCUT2D eigenvalue weighted by Gasteiger charge is -2.15. The summed E-state index contributed by atoms with van der Waals surface area (Å²) in [7, 11) is -2.27. The number of hydrogen-bond donors (Lipinski definition) is 2. The van der Waals surface area contributed by atoms with Gasteiger partial charge in [0.25, 0.3) is 0 Å². The summed E-state index contributed by atoms with van der Waals surface area (Å²) < 4.78 is 34.5. The first kappa shape index (κ1) is 19.4. The number of rotatable bonds is 6. The standard InChI is InChI=1S/C20H21N3O5S/c1-12(13-5-7-15(8-6-13)21-19(24)14-3-4-14)22-29(26,27)16-9-10-17-18(11-16)28-20(25)23(17)2/h5-12,14,22H,3-4H2,1-2H3,(H,21,24). The Kier molecular flexibility index (Phi) is 4.79. The molecule has 0 aliphatic heterocycles. The number of nitrogens with one attached hydrogen (secondary N) is 2. The van der Waals surface area contributed by atoms with Crippen molar-refractivity contribution in [2.24, 2.45) is 13.0 Å². The van der Waals surface area contributed by atoms with Crippen molar-refractivity contribution in [1.82, 2.24) is 9.29 Å². The van der Waals surface area contributed by atoms with Crippen LogP contribution >= 0.6 is 0 Å². The molecule has 0 radical (unpaired) electrons. The van der Waals surface area contributed by atoms with Gasteiger partial charge in [0.2, 0.25) is 15.9 Å². The molecule has 0 spiro atoms. The van der Waals surface area contributed by atoms with Gasteiger partial charge in [0.05, 0.1) is 10.4 Å². The van der Waals surface area contributed by atoms with Crippen molar-refractivity contribution < 1.29 is 17.6 Å². The van der Waals surface area contributed by atoms with Crippen LogP contribution in [-0.4, -0.2) is 18.9 Å². The van der Waals surface area contributed by atoms with Gasteiger partial charge in [-0.15, -0.1) is 0 Å². The lowest BCUT2D eigenvalue weighted by Crippen LogP contribution is -2.26. The average molecular weight is 415 g/mol. The summed E-state index contributed by atoms with van der Waals surface area (Å²) >= 11 is 0. The Morgan fingerprint density at radius 1 is 1.17 bits per heavy atom. The van der Waals surface area contributed by atoms with Gasteiger partial charge >= 0.3 is 5.76 Å². The normalized spacial score (nSPS) is 15.4. The molecule has 8 nitrogen and oxygen atoms in total. The zero-order chi connectivity index (χ0) is 20.8. The van der Waals surface area contributed by atoms with Crippen LogP contribution in [0.3, 0.4) is 0 Å². The third kappa shape index (κ3) is 3.96. The van der Waals surface area contributed by atoms with Crippen molar-refractivity contribution in [3.05, 3.63) is 58.6 Å². The van der Waals surface area contributed by atoms with Crippen molar-refractivity contribution in [3.8, 4) is 0 Å². The number of benzene rings is 2. The second kappa shape index (κ2) is 7.16. The van der Waals surface area contributed by atoms with Crippen LogP contribution in [0.5, 0.6) is 0 Å². The minimum Gasteiger partial charge on any atom is -0.408 e. The Labute approximate surface area is 167 Å². The summed E-state index contributed by atoms with van der Waals surface area (Å²) in [6, 6.07) is 10.9. The van der Waals surface area contributed by atoms with E-state index < -0.39 is 21.8 Å². The van der Waals surface area contributed by atoms with Gasteiger partial charge in [0, 0.05) is 30.8 Å². The Morgan fingerprint density at radius 2 is 1.86 bits per heavy atom. The van der Waals surface area contributed by atoms with Gasteiger partial charge in [0.15, 0.2) is 5.58 Å². The van der Waals surface area contributed by atoms with E-state index in [1.54, 1.807) is 38.2 Å². The number of carbonyl (C=O) groups excluding carboxylic acids is 1. The van der Waals surface area contributed by atoms with Crippen LogP contribution in [-0.2, 0) is 21.9 Å². The molecule has 9 heteroatoms. The largest absolute Gasteiger partial charge is 0.419 e. The molecule has 1 fully saturated rings. The molecule has 0 bridgehead atoms. The average Bonchev–Trinajstić information content (AvgIpc) is 3.49. The van der Waals surface area contributed by atoms with Crippen LogP contribution in [0, 0.1) is 5.92 Å². The topological polar surface area (TPSA) is 110 Å². The molecule has 1 atom stereocenters. The summed E-state index contributed by atoms with van der Waals surface area (Å²) in [5, 5.41) is 2.85. The molecule has 0 saturated heterocycles. The third-order valence-electron chi connectivity index (χ3n) is 5.03. The molecule has 152 valence electrons. The second-order valence-electron chi connectivity index (χ2n) is 7.29. The number of nitrogens with zero attached hydrogens (tertiary/aromatic N) is 1. The van der Waals surface area contributed by atoms with Crippen LogP contribution in [0.2, 0.25) is 0 Å². The van der Waals surface area contributed by atoms with E-state index in [4.69, 9.17) is 4.42 Å². The number of oxazole rings is 1. The molecular formula is C20H21N3O5S. The monoisotopic (exact) mass is 415 g/mol. The highest BCUT2D eigenvalue weighted by Gasteiger charge is 2.29. The summed E-state index contributed by atoms with van der Waals surface area (Å²) in [6.07, 6.45) is 1.86. The second-order valence-corrected chi connectivity index (χ2v) is 9.00. The maximum atomic E-state index is 12.8. The molecule has 4 rings (SSSR count). The first-order valence-corrected chi connectivity index (χ1v) is 10.8. The number of carbonyl (C=O) groups is 1. The maximum Gasteiger partial charge on any atom is 0.419 e. The first-order valence-electron chi connectivity index (χ1n) is 9.27. The minimum atomic E-state index is -3.83.